The number of hydrogen-bond donors (Lipinski definition) is 1. The van der Waals surface area contributed by atoms with Gasteiger partial charge in [0.15, 0.2) is 10.8 Å². The number of benzene rings is 1. The zero-order valence-corrected chi connectivity index (χ0v) is 19.3. The van der Waals surface area contributed by atoms with Crippen molar-refractivity contribution in [3.8, 4) is 11.4 Å². The molecule has 170 valence electrons. The van der Waals surface area contributed by atoms with Gasteiger partial charge in [-0.05, 0) is 31.0 Å². The summed E-state index contributed by atoms with van der Waals surface area (Å²) in [5, 5.41) is 13.1. The Morgan fingerprint density at radius 2 is 2.12 bits per heavy atom. The minimum Gasteiger partial charge on any atom is -0.323 e. The van der Waals surface area contributed by atoms with E-state index in [-0.39, 0.29) is 22.9 Å². The number of nitrogens with one attached hydrogen (secondary N) is 1. The fourth-order valence-corrected chi connectivity index (χ4v) is 5.31. The number of amides is 1. The number of halogens is 1. The maximum absolute atomic E-state index is 14.4. The third kappa shape index (κ3) is 4.69. The first-order valence-electron chi connectivity index (χ1n) is 10.6. The standard InChI is InChI=1S/C22H21FN6O2S2/c23-16-6-5-14(21-27-26-18-4-2-1-3-7-28(18)21)10-17(16)25-19(30)13-32-12-15-11-20(31)29-8-9-33-22(29)24-15/h5-6,8-11H,1-4,7,12-13H2,(H,25,30). The first-order chi connectivity index (χ1) is 16.1. The van der Waals surface area contributed by atoms with E-state index in [0.29, 0.717) is 27.8 Å². The molecule has 1 aromatic carbocycles. The van der Waals surface area contributed by atoms with E-state index in [0.717, 1.165) is 38.1 Å². The van der Waals surface area contributed by atoms with Crippen LogP contribution < -0.4 is 10.9 Å². The lowest BCUT2D eigenvalue weighted by Gasteiger charge is -2.10. The summed E-state index contributed by atoms with van der Waals surface area (Å²) in [5.41, 5.74) is 1.29. The van der Waals surface area contributed by atoms with Crippen molar-refractivity contribution in [1.82, 2.24) is 24.1 Å². The third-order valence-corrected chi connectivity index (χ3v) is 7.17. The monoisotopic (exact) mass is 484 g/mol. The molecule has 0 unspecified atom stereocenters. The molecule has 0 aliphatic carbocycles. The van der Waals surface area contributed by atoms with E-state index in [1.165, 1.54) is 39.6 Å². The lowest BCUT2D eigenvalue weighted by Crippen LogP contribution is -2.16. The molecule has 3 aromatic heterocycles. The molecule has 33 heavy (non-hydrogen) atoms. The highest BCUT2D eigenvalue weighted by molar-refractivity contribution is 7.99. The topological polar surface area (TPSA) is 94.2 Å². The van der Waals surface area contributed by atoms with E-state index in [1.54, 1.807) is 23.7 Å². The highest BCUT2D eigenvalue weighted by Gasteiger charge is 2.18. The molecule has 0 bridgehead atoms. The molecule has 1 amide bonds. The largest absolute Gasteiger partial charge is 0.323 e. The second-order valence-electron chi connectivity index (χ2n) is 7.78. The van der Waals surface area contributed by atoms with Crippen molar-refractivity contribution in [3.05, 3.63) is 63.5 Å². The van der Waals surface area contributed by atoms with Gasteiger partial charge in [0.05, 0.1) is 17.1 Å². The maximum Gasteiger partial charge on any atom is 0.258 e. The Kier molecular flexibility index (Phi) is 6.23. The number of aryl methyl sites for hydroxylation is 1. The van der Waals surface area contributed by atoms with Gasteiger partial charge >= 0.3 is 0 Å². The third-order valence-electron chi connectivity index (χ3n) is 5.45. The van der Waals surface area contributed by atoms with Crippen molar-refractivity contribution < 1.29 is 9.18 Å². The molecule has 4 heterocycles. The number of nitrogens with zero attached hydrogens (tertiary/aromatic N) is 5. The van der Waals surface area contributed by atoms with Crippen molar-refractivity contribution >= 4 is 39.7 Å². The normalized spacial score (nSPS) is 13.6. The fraction of sp³-hybridized carbons (Fsp3) is 0.318. The van der Waals surface area contributed by atoms with Crippen molar-refractivity contribution in [2.45, 2.75) is 38.0 Å². The SMILES string of the molecule is O=C(CSCc1cc(=O)n2ccsc2n1)Nc1cc(-c2nnc3n2CCCCC3)ccc1F. The Balaban J connectivity index is 1.25. The predicted octanol–water partition coefficient (Wildman–Crippen LogP) is 3.75. The molecule has 0 saturated carbocycles. The van der Waals surface area contributed by atoms with Gasteiger partial charge in [0.25, 0.3) is 5.56 Å². The summed E-state index contributed by atoms with van der Waals surface area (Å²) in [4.78, 5) is 29.6. The molecule has 1 aliphatic rings. The molecular formula is C22H21FN6O2S2. The Labute approximate surface area is 196 Å². The number of fused-ring (bicyclic) bond motifs is 2. The molecule has 8 nitrogen and oxygen atoms in total. The van der Waals surface area contributed by atoms with Crippen molar-refractivity contribution in [3.63, 3.8) is 0 Å². The molecule has 1 aliphatic heterocycles. The minimum absolute atomic E-state index is 0.107. The Hall–Kier alpha value is -3.05. The number of rotatable bonds is 6. The lowest BCUT2D eigenvalue weighted by atomic mass is 10.1. The number of anilines is 1. The number of thiazole rings is 1. The quantitative estimate of drug-likeness (QED) is 0.448. The second kappa shape index (κ2) is 9.44. The molecule has 0 fully saturated rings. The molecule has 0 spiro atoms. The number of carbonyl (C=O) groups is 1. The maximum atomic E-state index is 14.4. The van der Waals surface area contributed by atoms with Crippen LogP contribution >= 0.6 is 23.1 Å². The summed E-state index contributed by atoms with van der Waals surface area (Å²) in [6.45, 7) is 0.836. The summed E-state index contributed by atoms with van der Waals surface area (Å²) in [5.74, 6) is 1.32. The second-order valence-corrected chi connectivity index (χ2v) is 9.64. The Bertz CT molecular complexity index is 1380. The van der Waals surface area contributed by atoms with Crippen LogP contribution in [0.25, 0.3) is 16.3 Å². The van der Waals surface area contributed by atoms with E-state index in [4.69, 9.17) is 0 Å². The zero-order chi connectivity index (χ0) is 22.8. The Morgan fingerprint density at radius 1 is 1.21 bits per heavy atom. The van der Waals surface area contributed by atoms with E-state index in [1.807, 2.05) is 0 Å². The summed E-state index contributed by atoms with van der Waals surface area (Å²) >= 11 is 2.69. The minimum atomic E-state index is -0.509. The molecular weight excluding hydrogens is 463 g/mol. The number of aromatic nitrogens is 5. The molecule has 0 saturated heterocycles. The van der Waals surface area contributed by atoms with Gasteiger partial charge in [-0.3, -0.25) is 14.0 Å². The first-order valence-corrected chi connectivity index (χ1v) is 12.7. The summed E-state index contributed by atoms with van der Waals surface area (Å²) in [6.07, 6.45) is 5.86. The first kappa shape index (κ1) is 21.8. The van der Waals surface area contributed by atoms with Gasteiger partial charge in [-0.25, -0.2) is 9.37 Å². The summed E-state index contributed by atoms with van der Waals surface area (Å²) < 4.78 is 18.0. The van der Waals surface area contributed by atoms with E-state index in [9.17, 15) is 14.0 Å². The fourth-order valence-electron chi connectivity index (χ4n) is 3.86. The molecule has 5 rings (SSSR count). The van der Waals surface area contributed by atoms with Crippen LogP contribution in [0.4, 0.5) is 10.1 Å². The van der Waals surface area contributed by atoms with Crippen molar-refractivity contribution in [2.75, 3.05) is 11.1 Å². The van der Waals surface area contributed by atoms with E-state index >= 15 is 0 Å². The average molecular weight is 485 g/mol. The van der Waals surface area contributed by atoms with Crippen LogP contribution in [0.15, 0.2) is 40.6 Å². The number of carbonyl (C=O) groups excluding carboxylic acids is 1. The molecule has 4 aromatic rings. The Morgan fingerprint density at radius 3 is 3.03 bits per heavy atom. The highest BCUT2D eigenvalue weighted by atomic mass is 32.2. The van der Waals surface area contributed by atoms with Crippen LogP contribution in [0, 0.1) is 5.82 Å². The van der Waals surface area contributed by atoms with Gasteiger partial charge in [-0.15, -0.1) is 33.3 Å². The van der Waals surface area contributed by atoms with Crippen LogP contribution in [-0.4, -0.2) is 35.8 Å². The zero-order valence-electron chi connectivity index (χ0n) is 17.7. The predicted molar refractivity (Wildman–Crippen MR) is 127 cm³/mol. The highest BCUT2D eigenvalue weighted by Crippen LogP contribution is 2.27. The van der Waals surface area contributed by atoms with Crippen LogP contribution in [0.2, 0.25) is 0 Å². The summed E-state index contributed by atoms with van der Waals surface area (Å²) in [7, 11) is 0. The van der Waals surface area contributed by atoms with Crippen LogP contribution in [0.5, 0.6) is 0 Å². The van der Waals surface area contributed by atoms with Crippen LogP contribution in [0.3, 0.4) is 0 Å². The molecule has 1 N–H and O–H groups in total. The van der Waals surface area contributed by atoms with E-state index in [2.05, 4.69) is 25.1 Å². The number of thioether (sulfide) groups is 1. The molecule has 11 heteroatoms. The van der Waals surface area contributed by atoms with Crippen LogP contribution in [0.1, 0.15) is 30.8 Å². The van der Waals surface area contributed by atoms with Gasteiger partial charge in [0, 0.05) is 41.9 Å². The van der Waals surface area contributed by atoms with Gasteiger partial charge in [0.2, 0.25) is 5.91 Å². The van der Waals surface area contributed by atoms with Crippen LogP contribution in [-0.2, 0) is 23.5 Å². The average Bonchev–Trinajstić information content (AvgIpc) is 3.37. The van der Waals surface area contributed by atoms with Gasteiger partial charge in [-0.1, -0.05) is 6.42 Å². The van der Waals surface area contributed by atoms with Crippen molar-refractivity contribution in [1.29, 1.82) is 0 Å². The summed E-state index contributed by atoms with van der Waals surface area (Å²) in [6, 6.07) is 6.07. The lowest BCUT2D eigenvalue weighted by molar-refractivity contribution is -0.113. The van der Waals surface area contributed by atoms with Gasteiger partial charge in [-0.2, -0.15) is 0 Å². The molecule has 0 radical (unpaired) electrons. The van der Waals surface area contributed by atoms with Gasteiger partial charge in [0.1, 0.15) is 11.6 Å². The molecule has 0 atom stereocenters. The van der Waals surface area contributed by atoms with Crippen molar-refractivity contribution in [2.24, 2.45) is 0 Å². The van der Waals surface area contributed by atoms with Gasteiger partial charge < -0.3 is 9.88 Å². The smallest absolute Gasteiger partial charge is 0.258 e. The van der Waals surface area contributed by atoms with E-state index < -0.39 is 5.82 Å². The number of hydrogen-bond acceptors (Lipinski definition) is 7.